The average molecular weight is 380 g/mol. The monoisotopic (exact) mass is 379 g/mol. The maximum absolute atomic E-state index is 5.79. The van der Waals surface area contributed by atoms with E-state index in [0.29, 0.717) is 11.1 Å². The second kappa shape index (κ2) is 7.85. The van der Waals surface area contributed by atoms with Crippen LogP contribution in [0.4, 0.5) is 0 Å². The molecule has 6 heteroatoms. The number of rotatable bonds is 6. The molecule has 0 spiro atoms. The highest BCUT2D eigenvalue weighted by Gasteiger charge is 2.12. The van der Waals surface area contributed by atoms with Gasteiger partial charge in [0.25, 0.3) is 5.22 Å². The van der Waals surface area contributed by atoms with E-state index in [-0.39, 0.29) is 0 Å². The quantitative estimate of drug-likeness (QED) is 0.421. The van der Waals surface area contributed by atoms with Gasteiger partial charge >= 0.3 is 0 Å². The SMILES string of the molecule is Cc1ccccc1-c1nnc(SCc2csc(Cc3ccccc3)n2)o1. The van der Waals surface area contributed by atoms with E-state index < -0.39 is 0 Å². The van der Waals surface area contributed by atoms with Crippen LogP contribution in [0.2, 0.25) is 0 Å². The van der Waals surface area contributed by atoms with Crippen molar-refractivity contribution in [2.45, 2.75) is 24.3 Å². The fraction of sp³-hybridized carbons (Fsp3) is 0.150. The lowest BCUT2D eigenvalue weighted by Crippen LogP contribution is -1.88. The van der Waals surface area contributed by atoms with Gasteiger partial charge in [-0.3, -0.25) is 0 Å². The van der Waals surface area contributed by atoms with Crippen molar-refractivity contribution in [2.75, 3.05) is 0 Å². The van der Waals surface area contributed by atoms with Gasteiger partial charge in [-0.25, -0.2) is 4.98 Å². The lowest BCUT2D eigenvalue weighted by atomic mass is 10.1. The molecule has 2 aromatic heterocycles. The second-order valence-corrected chi connectivity index (χ2v) is 7.74. The number of benzene rings is 2. The molecule has 0 aliphatic heterocycles. The number of nitrogens with zero attached hydrogens (tertiary/aromatic N) is 3. The molecular formula is C20H17N3OS2. The lowest BCUT2D eigenvalue weighted by Gasteiger charge is -1.98. The molecule has 0 atom stereocenters. The predicted molar refractivity (Wildman–Crippen MR) is 105 cm³/mol. The fourth-order valence-electron chi connectivity index (χ4n) is 2.59. The summed E-state index contributed by atoms with van der Waals surface area (Å²) in [6.45, 7) is 2.04. The van der Waals surface area contributed by atoms with E-state index in [4.69, 9.17) is 9.40 Å². The minimum absolute atomic E-state index is 0.564. The zero-order valence-corrected chi connectivity index (χ0v) is 15.9. The van der Waals surface area contributed by atoms with E-state index in [0.717, 1.165) is 34.0 Å². The summed E-state index contributed by atoms with van der Waals surface area (Å²) in [6.07, 6.45) is 0.869. The number of thiazole rings is 1. The lowest BCUT2D eigenvalue weighted by molar-refractivity contribution is 0.465. The van der Waals surface area contributed by atoms with Crippen molar-refractivity contribution in [1.82, 2.24) is 15.2 Å². The van der Waals surface area contributed by atoms with E-state index in [1.807, 2.05) is 37.3 Å². The van der Waals surface area contributed by atoms with Gasteiger partial charge in [-0.2, -0.15) is 0 Å². The van der Waals surface area contributed by atoms with Gasteiger partial charge in [0, 0.05) is 23.1 Å². The molecule has 130 valence electrons. The van der Waals surface area contributed by atoms with E-state index in [1.165, 1.54) is 17.3 Å². The molecule has 0 N–H and O–H groups in total. The van der Waals surface area contributed by atoms with Gasteiger partial charge in [0.1, 0.15) is 0 Å². The summed E-state index contributed by atoms with van der Waals surface area (Å²) >= 11 is 3.21. The molecule has 0 aliphatic carbocycles. The molecule has 0 fully saturated rings. The van der Waals surface area contributed by atoms with Crippen molar-refractivity contribution >= 4 is 23.1 Å². The summed E-state index contributed by atoms with van der Waals surface area (Å²) in [5.74, 6) is 1.29. The summed E-state index contributed by atoms with van der Waals surface area (Å²) in [6, 6.07) is 18.4. The molecule has 4 nitrogen and oxygen atoms in total. The normalized spacial score (nSPS) is 11.0. The standard InChI is InChI=1S/C20H17N3OS2/c1-14-7-5-6-10-17(14)19-22-23-20(24-19)26-13-16-12-25-18(21-16)11-15-8-3-2-4-9-15/h2-10,12H,11,13H2,1H3. The fourth-order valence-corrected chi connectivity index (χ4v) is 4.18. The molecule has 0 amide bonds. The van der Waals surface area contributed by atoms with Gasteiger partial charge in [0.2, 0.25) is 5.89 Å². The van der Waals surface area contributed by atoms with E-state index >= 15 is 0 Å². The van der Waals surface area contributed by atoms with Crippen LogP contribution in [0, 0.1) is 6.92 Å². The van der Waals surface area contributed by atoms with Crippen LogP contribution in [0.1, 0.15) is 21.8 Å². The smallest absolute Gasteiger partial charge is 0.277 e. The Labute approximate surface area is 160 Å². The minimum Gasteiger partial charge on any atom is -0.411 e. The van der Waals surface area contributed by atoms with Crippen LogP contribution >= 0.6 is 23.1 Å². The van der Waals surface area contributed by atoms with Crippen LogP contribution in [-0.4, -0.2) is 15.2 Å². The van der Waals surface area contributed by atoms with Crippen molar-refractivity contribution in [2.24, 2.45) is 0 Å². The van der Waals surface area contributed by atoms with Crippen molar-refractivity contribution in [3.05, 3.63) is 81.8 Å². The van der Waals surface area contributed by atoms with Crippen LogP contribution in [0.5, 0.6) is 0 Å². The van der Waals surface area contributed by atoms with Crippen molar-refractivity contribution in [3.8, 4) is 11.5 Å². The van der Waals surface area contributed by atoms with Crippen LogP contribution in [0.25, 0.3) is 11.5 Å². The van der Waals surface area contributed by atoms with E-state index in [1.54, 1.807) is 11.3 Å². The van der Waals surface area contributed by atoms with Gasteiger partial charge in [0.15, 0.2) is 0 Å². The Morgan fingerprint density at radius 1 is 1.00 bits per heavy atom. The molecule has 0 unspecified atom stereocenters. The Balaban J connectivity index is 1.39. The highest BCUT2D eigenvalue weighted by Crippen LogP contribution is 2.28. The van der Waals surface area contributed by atoms with Gasteiger partial charge in [-0.15, -0.1) is 21.5 Å². The minimum atomic E-state index is 0.564. The largest absolute Gasteiger partial charge is 0.411 e. The first-order valence-corrected chi connectivity index (χ1v) is 10.1. The molecule has 2 aromatic carbocycles. The highest BCUT2D eigenvalue weighted by atomic mass is 32.2. The summed E-state index contributed by atoms with van der Waals surface area (Å²) in [4.78, 5) is 4.71. The predicted octanol–water partition coefficient (Wildman–Crippen LogP) is 5.38. The number of hydrogen-bond donors (Lipinski definition) is 0. The van der Waals surface area contributed by atoms with Gasteiger partial charge in [-0.1, -0.05) is 60.3 Å². The zero-order chi connectivity index (χ0) is 17.8. The molecule has 2 heterocycles. The van der Waals surface area contributed by atoms with Gasteiger partial charge < -0.3 is 4.42 Å². The molecule has 0 aliphatic rings. The Morgan fingerprint density at radius 2 is 1.81 bits per heavy atom. The maximum Gasteiger partial charge on any atom is 0.277 e. The number of aromatic nitrogens is 3. The second-order valence-electron chi connectivity index (χ2n) is 5.87. The summed E-state index contributed by atoms with van der Waals surface area (Å²) in [5.41, 5.74) is 4.42. The third-order valence-corrected chi connectivity index (χ3v) is 5.67. The van der Waals surface area contributed by atoms with Crippen molar-refractivity contribution < 1.29 is 4.42 Å². The van der Waals surface area contributed by atoms with Crippen molar-refractivity contribution in [3.63, 3.8) is 0 Å². The summed E-state index contributed by atoms with van der Waals surface area (Å²) in [7, 11) is 0. The number of aryl methyl sites for hydroxylation is 1. The first-order valence-electron chi connectivity index (χ1n) is 8.27. The molecule has 26 heavy (non-hydrogen) atoms. The molecule has 0 radical (unpaired) electrons. The zero-order valence-electron chi connectivity index (χ0n) is 14.3. The maximum atomic E-state index is 5.79. The Bertz CT molecular complexity index is 995. The average Bonchev–Trinajstić information content (AvgIpc) is 3.31. The Morgan fingerprint density at radius 3 is 2.65 bits per heavy atom. The third kappa shape index (κ3) is 4.03. The molecular weight excluding hydrogens is 362 g/mol. The van der Waals surface area contributed by atoms with E-state index in [9.17, 15) is 0 Å². The molecule has 0 saturated heterocycles. The highest BCUT2D eigenvalue weighted by molar-refractivity contribution is 7.98. The van der Waals surface area contributed by atoms with Gasteiger partial charge in [-0.05, 0) is 24.1 Å². The Hall–Kier alpha value is -2.44. The molecule has 0 bridgehead atoms. The molecule has 4 aromatic rings. The summed E-state index contributed by atoms with van der Waals surface area (Å²) < 4.78 is 5.79. The first-order chi connectivity index (χ1) is 12.8. The Kier molecular flexibility index (Phi) is 5.13. The van der Waals surface area contributed by atoms with Crippen molar-refractivity contribution in [1.29, 1.82) is 0 Å². The molecule has 0 saturated carbocycles. The van der Waals surface area contributed by atoms with Crippen LogP contribution in [0.3, 0.4) is 0 Å². The van der Waals surface area contributed by atoms with Gasteiger partial charge in [0.05, 0.1) is 10.7 Å². The van der Waals surface area contributed by atoms with E-state index in [2.05, 4.69) is 39.8 Å². The molecule has 4 rings (SSSR count). The number of hydrogen-bond acceptors (Lipinski definition) is 6. The third-order valence-electron chi connectivity index (χ3n) is 3.92. The number of thioether (sulfide) groups is 1. The topological polar surface area (TPSA) is 51.8 Å². The first kappa shape index (κ1) is 17.0. The summed E-state index contributed by atoms with van der Waals surface area (Å²) in [5, 5.41) is 12.1. The van der Waals surface area contributed by atoms with Crippen LogP contribution < -0.4 is 0 Å². The van der Waals surface area contributed by atoms with Crippen LogP contribution in [0.15, 0.2) is 69.6 Å². The van der Waals surface area contributed by atoms with Crippen LogP contribution in [-0.2, 0) is 12.2 Å².